The van der Waals surface area contributed by atoms with Crippen LogP contribution in [0.2, 0.25) is 0 Å². The summed E-state index contributed by atoms with van der Waals surface area (Å²) < 4.78 is 41.0. The quantitative estimate of drug-likeness (QED) is 0.282. The number of halogens is 3. The van der Waals surface area contributed by atoms with E-state index in [0.29, 0.717) is 19.3 Å². The summed E-state index contributed by atoms with van der Waals surface area (Å²) in [5, 5.41) is 10.5. The summed E-state index contributed by atoms with van der Waals surface area (Å²) in [6, 6.07) is 0. The summed E-state index contributed by atoms with van der Waals surface area (Å²) in [6.07, 6.45) is 2.97. The molecule has 5 nitrogen and oxygen atoms in total. The third-order valence-electron chi connectivity index (χ3n) is 13.7. The van der Waals surface area contributed by atoms with Gasteiger partial charge < -0.3 is 5.11 Å². The van der Waals surface area contributed by atoms with E-state index in [9.17, 15) is 27.9 Å². The highest BCUT2D eigenvalue weighted by Crippen LogP contribution is 2.75. The summed E-state index contributed by atoms with van der Waals surface area (Å²) in [5.41, 5.74) is -1.48. The summed E-state index contributed by atoms with van der Waals surface area (Å²) in [5.74, 6) is -1.02. The molecule has 0 aliphatic heterocycles. The van der Waals surface area contributed by atoms with Crippen LogP contribution >= 0.6 is 0 Å². The fourth-order valence-corrected chi connectivity index (χ4v) is 10.9. The Kier molecular flexibility index (Phi) is 6.62. The average Bonchev–Trinajstić information content (AvgIpc) is 2.83. The van der Waals surface area contributed by atoms with Crippen LogP contribution in [0.15, 0.2) is 11.6 Å². The highest BCUT2D eigenvalue weighted by molar-refractivity contribution is 5.95. The van der Waals surface area contributed by atoms with E-state index in [1.54, 1.807) is 6.92 Å². The first kappa shape index (κ1) is 30.1. The van der Waals surface area contributed by atoms with Crippen LogP contribution in [0.4, 0.5) is 13.2 Å². The molecule has 1 N–H and O–H groups in total. The van der Waals surface area contributed by atoms with E-state index >= 15 is 0 Å². The van der Waals surface area contributed by atoms with E-state index in [4.69, 9.17) is 0 Å². The molecule has 0 radical (unpaired) electrons. The fraction of sp³-hybridized carbons (Fsp3) is 0.875. The highest BCUT2D eigenvalue weighted by atomic mass is 19.4. The average molecular weight is 568 g/mol. The number of hydroxylamine groups is 2. The second kappa shape index (κ2) is 8.81. The van der Waals surface area contributed by atoms with Gasteiger partial charge in [0.1, 0.15) is 0 Å². The van der Waals surface area contributed by atoms with Gasteiger partial charge in [0.05, 0.1) is 13.2 Å². The maximum atomic E-state index is 14.4. The Morgan fingerprint density at radius 2 is 1.60 bits per heavy atom. The highest BCUT2D eigenvalue weighted by Gasteiger charge is 2.70. The van der Waals surface area contributed by atoms with Gasteiger partial charge in [-0.25, -0.2) is 0 Å². The number of hydrogen-bond acceptors (Lipinski definition) is 4. The molecule has 0 aromatic heterocycles. The largest absolute Gasteiger partial charge is 0.511 e. The van der Waals surface area contributed by atoms with Crippen molar-refractivity contribution in [2.45, 2.75) is 119 Å². The number of hydrogen-bond donors (Lipinski definition) is 1. The predicted molar refractivity (Wildman–Crippen MR) is 145 cm³/mol. The van der Waals surface area contributed by atoms with Crippen molar-refractivity contribution in [3.05, 3.63) is 11.6 Å². The molecule has 4 saturated carbocycles. The molecule has 1 amide bonds. The number of fused-ring (bicyclic) bond motifs is 7. The molecule has 0 aromatic carbocycles. The lowest BCUT2D eigenvalue weighted by Crippen LogP contribution is -2.66. The van der Waals surface area contributed by atoms with E-state index < -0.39 is 22.7 Å². The maximum Gasteiger partial charge on any atom is 0.511 e. The molecule has 0 spiro atoms. The standard InChI is InChI=1S/C32H48F3NO4/c1-26(2)22-9-12-31(7)24(29(22,5)11-10-23(26)38)21(37)17-19-20-18-28(4,25(39)36(40-8)32(33,34)35)14-13-27(20,3)15-16-30(19,31)6/h17,20,22-24,38H,9-16,18H2,1-8H3/t20-,22?,23-,24+,27+,28-,29-,30+,31+/m0/s1. The van der Waals surface area contributed by atoms with Crippen molar-refractivity contribution in [2.75, 3.05) is 7.11 Å². The summed E-state index contributed by atoms with van der Waals surface area (Å²) in [6.45, 7) is 15.0. The van der Waals surface area contributed by atoms with Crippen LogP contribution in [0.25, 0.3) is 0 Å². The topological polar surface area (TPSA) is 66.8 Å². The van der Waals surface area contributed by atoms with Crippen LogP contribution in [-0.4, -0.2) is 41.4 Å². The minimum absolute atomic E-state index is 0.131. The van der Waals surface area contributed by atoms with E-state index in [1.165, 1.54) is 0 Å². The van der Waals surface area contributed by atoms with Gasteiger partial charge in [-0.05, 0) is 103 Å². The van der Waals surface area contributed by atoms with Crippen LogP contribution < -0.4 is 0 Å². The molecule has 40 heavy (non-hydrogen) atoms. The number of aliphatic hydroxyl groups is 1. The smallest absolute Gasteiger partial charge is 0.393 e. The molecule has 226 valence electrons. The van der Waals surface area contributed by atoms with Gasteiger partial charge in [-0.1, -0.05) is 54.0 Å². The number of alkyl halides is 3. The van der Waals surface area contributed by atoms with Gasteiger partial charge in [-0.15, -0.1) is 18.2 Å². The molecule has 0 aromatic rings. The molecule has 1 unspecified atom stereocenters. The SMILES string of the molecule is CON(C(=O)[C@@]1(C)CC[C@]2(C)CC[C@]3(C)C(=CC(=O)[C@@H]4[C@@]5(C)CC[C@H](O)C(C)(C)C5CC[C@]43C)[C@@H]2C1)C(F)(F)F. The first-order chi connectivity index (χ1) is 18.2. The maximum absolute atomic E-state index is 14.4. The zero-order valence-corrected chi connectivity index (χ0v) is 25.5. The third kappa shape index (κ3) is 3.79. The lowest BCUT2D eigenvalue weighted by molar-refractivity contribution is -0.347. The van der Waals surface area contributed by atoms with Crippen LogP contribution in [-0.2, 0) is 14.4 Å². The normalized spacial score (nSPS) is 48.2. The minimum atomic E-state index is -4.92. The molecule has 0 bridgehead atoms. The second-order valence-corrected chi connectivity index (χ2v) is 15.9. The lowest BCUT2D eigenvalue weighted by atomic mass is 9.33. The van der Waals surface area contributed by atoms with E-state index in [0.717, 1.165) is 44.8 Å². The molecular formula is C32H48F3NO4. The number of allylic oxidation sites excluding steroid dienone is 2. The molecule has 0 saturated heterocycles. The first-order valence-electron chi connectivity index (χ1n) is 15.1. The molecule has 9 atom stereocenters. The van der Waals surface area contributed by atoms with Crippen LogP contribution in [0.3, 0.4) is 0 Å². The Bertz CT molecular complexity index is 1130. The zero-order chi connectivity index (χ0) is 29.9. The number of aliphatic hydroxyl groups excluding tert-OH is 1. The number of rotatable bonds is 2. The third-order valence-corrected chi connectivity index (χ3v) is 13.7. The fourth-order valence-electron chi connectivity index (χ4n) is 10.9. The summed E-state index contributed by atoms with van der Waals surface area (Å²) >= 11 is 0. The van der Waals surface area contributed by atoms with Gasteiger partial charge in [-0.2, -0.15) is 0 Å². The van der Waals surface area contributed by atoms with Crippen molar-refractivity contribution in [1.82, 2.24) is 5.06 Å². The molecule has 0 heterocycles. The number of nitrogens with zero attached hydrogens (tertiary/aromatic N) is 1. The van der Waals surface area contributed by atoms with Crippen LogP contribution in [0.1, 0.15) is 106 Å². The van der Waals surface area contributed by atoms with Crippen LogP contribution in [0.5, 0.6) is 0 Å². The number of carbonyl (C=O) groups is 2. The monoisotopic (exact) mass is 567 g/mol. The van der Waals surface area contributed by atoms with Crippen molar-refractivity contribution in [1.29, 1.82) is 0 Å². The predicted octanol–water partition coefficient (Wildman–Crippen LogP) is 7.24. The Balaban J connectivity index is 1.57. The molecule has 5 aliphatic carbocycles. The zero-order valence-electron chi connectivity index (χ0n) is 25.5. The summed E-state index contributed by atoms with van der Waals surface area (Å²) in [7, 11) is 0.880. The van der Waals surface area contributed by atoms with Gasteiger partial charge in [-0.3, -0.25) is 14.4 Å². The summed E-state index contributed by atoms with van der Waals surface area (Å²) in [4.78, 5) is 32.2. The second-order valence-electron chi connectivity index (χ2n) is 15.9. The molecule has 5 aliphatic rings. The van der Waals surface area contributed by atoms with Crippen LogP contribution in [0, 0.1) is 50.2 Å². The Morgan fingerprint density at radius 3 is 2.20 bits per heavy atom. The first-order valence-corrected chi connectivity index (χ1v) is 15.1. The van der Waals surface area contributed by atoms with Gasteiger partial charge in [0, 0.05) is 11.3 Å². The van der Waals surface area contributed by atoms with Gasteiger partial charge >= 0.3 is 6.30 Å². The van der Waals surface area contributed by atoms with Crippen molar-refractivity contribution < 1.29 is 32.7 Å². The molecule has 4 fully saturated rings. The molecular weight excluding hydrogens is 519 g/mol. The van der Waals surface area contributed by atoms with Crippen molar-refractivity contribution >= 4 is 11.7 Å². The Labute approximate surface area is 237 Å². The number of carbonyl (C=O) groups excluding carboxylic acids is 2. The van der Waals surface area contributed by atoms with Crippen molar-refractivity contribution in [2.24, 2.45) is 50.2 Å². The lowest BCUT2D eigenvalue weighted by Gasteiger charge is -2.70. The van der Waals surface area contributed by atoms with E-state index in [1.807, 2.05) is 6.08 Å². The van der Waals surface area contributed by atoms with Gasteiger partial charge in [0.25, 0.3) is 5.91 Å². The number of ketones is 1. The minimum Gasteiger partial charge on any atom is -0.393 e. The van der Waals surface area contributed by atoms with Crippen molar-refractivity contribution in [3.63, 3.8) is 0 Å². The molecule has 5 rings (SSSR count). The number of amides is 1. The van der Waals surface area contributed by atoms with Gasteiger partial charge in [0.15, 0.2) is 5.78 Å². The Hall–Kier alpha value is -1.41. The van der Waals surface area contributed by atoms with Crippen molar-refractivity contribution in [3.8, 4) is 0 Å². The van der Waals surface area contributed by atoms with E-state index in [-0.39, 0.29) is 63.1 Å². The van der Waals surface area contributed by atoms with E-state index in [2.05, 4.69) is 46.4 Å². The van der Waals surface area contributed by atoms with Gasteiger partial charge in [0.2, 0.25) is 0 Å². The molecule has 8 heteroatoms. The Morgan fingerprint density at radius 1 is 0.975 bits per heavy atom.